The van der Waals surface area contributed by atoms with Crippen molar-refractivity contribution in [1.82, 2.24) is 9.47 Å². The number of aliphatic hydroxyl groups is 1. The van der Waals surface area contributed by atoms with Gasteiger partial charge in [0.15, 0.2) is 0 Å². The Morgan fingerprint density at radius 1 is 1.09 bits per heavy atom. The maximum Gasteiger partial charge on any atom is 0.295 e. The third kappa shape index (κ3) is 3.32. The molecule has 1 aliphatic heterocycles. The molecule has 1 N–H and O–H groups in total. The highest BCUT2D eigenvalue weighted by Gasteiger charge is 2.50. The summed E-state index contributed by atoms with van der Waals surface area (Å²) in [6.07, 6.45) is 5.79. The smallest absolute Gasteiger partial charge is 0.295 e. The molecule has 1 atom stereocenters. The molecule has 0 radical (unpaired) electrons. The van der Waals surface area contributed by atoms with Crippen LogP contribution in [-0.4, -0.2) is 39.4 Å². The second kappa shape index (κ2) is 8.10. The quantitative estimate of drug-likeness (QED) is 0.354. The number of nitrogens with zero attached hydrogens (tertiary/aromatic N) is 2. The van der Waals surface area contributed by atoms with Gasteiger partial charge in [0.05, 0.1) is 18.7 Å². The predicted octanol–water partition coefficient (Wildman–Crippen LogP) is 4.86. The average Bonchev–Trinajstić information content (AvgIpc) is 3.52. The molecule has 3 aromatic rings. The summed E-state index contributed by atoms with van der Waals surface area (Å²) < 4.78 is 7.35. The van der Waals surface area contributed by atoms with E-state index in [1.807, 2.05) is 49.0 Å². The number of benzene rings is 2. The second-order valence-corrected chi connectivity index (χ2v) is 9.04. The molecule has 1 saturated heterocycles. The van der Waals surface area contributed by atoms with E-state index in [1.165, 1.54) is 0 Å². The van der Waals surface area contributed by atoms with E-state index in [0.29, 0.717) is 11.3 Å². The average molecular weight is 445 g/mol. The Bertz CT molecular complexity index is 1300. The minimum Gasteiger partial charge on any atom is -0.507 e. The molecule has 1 aliphatic carbocycles. The molecule has 0 spiro atoms. The summed E-state index contributed by atoms with van der Waals surface area (Å²) in [4.78, 5) is 28.5. The van der Waals surface area contributed by atoms with E-state index in [2.05, 4.69) is 0 Å². The number of ether oxygens (including phenoxy) is 1. The van der Waals surface area contributed by atoms with Gasteiger partial charge in [0.25, 0.3) is 11.7 Å². The first-order chi connectivity index (χ1) is 15.9. The summed E-state index contributed by atoms with van der Waals surface area (Å²) in [6, 6.07) is 12.6. The molecule has 2 heterocycles. The Morgan fingerprint density at radius 2 is 1.82 bits per heavy atom. The number of Topliss-reactive ketones (excluding diaryl/α,β-unsaturated/α-hetero) is 1. The first kappa shape index (κ1) is 21.3. The zero-order valence-electron chi connectivity index (χ0n) is 19.2. The van der Waals surface area contributed by atoms with Crippen molar-refractivity contribution < 1.29 is 19.4 Å². The van der Waals surface area contributed by atoms with Crippen LogP contribution >= 0.6 is 0 Å². The number of amides is 1. The molecule has 2 aromatic carbocycles. The van der Waals surface area contributed by atoms with E-state index in [0.717, 1.165) is 47.7 Å². The van der Waals surface area contributed by atoms with Crippen LogP contribution in [0, 0.1) is 6.92 Å². The standard InChI is InChI=1S/C27H28N2O4/c1-16-14-17(12-13-22(16)33-3)25(30)23-24(20-15-28(2)21-11-7-6-10-19(20)21)29(27(32)26(23)31)18-8-4-5-9-18/h6-7,10-15,18,24,30H,4-5,8-9H2,1-3H3/b25-23+. The summed E-state index contributed by atoms with van der Waals surface area (Å²) in [5.41, 5.74) is 3.39. The number of carbonyl (C=O) groups excluding carboxylic acids is 2. The van der Waals surface area contributed by atoms with Crippen molar-refractivity contribution in [3.63, 3.8) is 0 Å². The zero-order valence-corrected chi connectivity index (χ0v) is 19.2. The molecule has 1 amide bonds. The number of ketones is 1. The Morgan fingerprint density at radius 3 is 2.52 bits per heavy atom. The van der Waals surface area contributed by atoms with Crippen molar-refractivity contribution in [2.45, 2.75) is 44.7 Å². The van der Waals surface area contributed by atoms with Crippen LogP contribution < -0.4 is 4.74 Å². The van der Waals surface area contributed by atoms with Gasteiger partial charge in [-0.1, -0.05) is 31.0 Å². The molecule has 5 rings (SSSR count). The predicted molar refractivity (Wildman–Crippen MR) is 127 cm³/mol. The molecule has 6 nitrogen and oxygen atoms in total. The summed E-state index contributed by atoms with van der Waals surface area (Å²) >= 11 is 0. The van der Waals surface area contributed by atoms with Gasteiger partial charge < -0.3 is 19.3 Å². The summed E-state index contributed by atoms with van der Waals surface area (Å²) in [5, 5.41) is 12.4. The van der Waals surface area contributed by atoms with Gasteiger partial charge in [-0.05, 0) is 49.6 Å². The fraction of sp³-hybridized carbons (Fsp3) is 0.333. The lowest BCUT2D eigenvalue weighted by Crippen LogP contribution is -2.37. The van der Waals surface area contributed by atoms with Gasteiger partial charge >= 0.3 is 0 Å². The molecule has 2 fully saturated rings. The number of rotatable bonds is 4. The highest BCUT2D eigenvalue weighted by Crippen LogP contribution is 2.45. The lowest BCUT2D eigenvalue weighted by molar-refractivity contribution is -0.141. The van der Waals surface area contributed by atoms with Crippen molar-refractivity contribution >= 4 is 28.4 Å². The molecular formula is C27H28N2O4. The van der Waals surface area contributed by atoms with Crippen molar-refractivity contribution in [1.29, 1.82) is 0 Å². The molecule has 2 aliphatic rings. The van der Waals surface area contributed by atoms with Gasteiger partial charge in [0.2, 0.25) is 0 Å². The van der Waals surface area contributed by atoms with Crippen molar-refractivity contribution in [3.05, 3.63) is 70.9 Å². The topological polar surface area (TPSA) is 71.8 Å². The number of para-hydroxylation sites is 1. The van der Waals surface area contributed by atoms with Crippen LogP contribution in [-0.2, 0) is 16.6 Å². The summed E-state index contributed by atoms with van der Waals surface area (Å²) in [6.45, 7) is 1.88. The number of methoxy groups -OCH3 is 1. The Hall–Kier alpha value is -3.54. The second-order valence-electron chi connectivity index (χ2n) is 9.04. The molecule has 6 heteroatoms. The highest BCUT2D eigenvalue weighted by molar-refractivity contribution is 6.46. The molecule has 1 saturated carbocycles. The Balaban J connectivity index is 1.74. The first-order valence-corrected chi connectivity index (χ1v) is 11.4. The van der Waals surface area contributed by atoms with Crippen LogP contribution in [0.3, 0.4) is 0 Å². The zero-order chi connectivity index (χ0) is 23.3. The third-order valence-electron chi connectivity index (χ3n) is 7.09. The number of hydrogen-bond donors (Lipinski definition) is 1. The van der Waals surface area contributed by atoms with Crippen molar-refractivity contribution in [3.8, 4) is 5.75 Å². The molecule has 170 valence electrons. The Kier molecular flexibility index (Phi) is 5.23. The van der Waals surface area contributed by atoms with E-state index < -0.39 is 17.7 Å². The lowest BCUT2D eigenvalue weighted by atomic mass is 9.94. The van der Waals surface area contributed by atoms with Crippen LogP contribution in [0.25, 0.3) is 16.7 Å². The summed E-state index contributed by atoms with van der Waals surface area (Å²) in [5.74, 6) is -0.585. The first-order valence-electron chi connectivity index (χ1n) is 11.4. The minimum atomic E-state index is -0.624. The lowest BCUT2D eigenvalue weighted by Gasteiger charge is -2.30. The van der Waals surface area contributed by atoms with E-state index >= 15 is 0 Å². The van der Waals surface area contributed by atoms with Crippen LogP contribution in [0.1, 0.15) is 48.4 Å². The highest BCUT2D eigenvalue weighted by atomic mass is 16.5. The number of aromatic nitrogens is 1. The molecular weight excluding hydrogens is 416 g/mol. The van der Waals surface area contributed by atoms with Gasteiger partial charge in [0, 0.05) is 41.3 Å². The molecule has 0 bridgehead atoms. The number of aliphatic hydroxyl groups excluding tert-OH is 1. The van der Waals surface area contributed by atoms with Gasteiger partial charge in [-0.3, -0.25) is 9.59 Å². The number of aryl methyl sites for hydroxylation is 2. The van der Waals surface area contributed by atoms with Crippen LogP contribution in [0.2, 0.25) is 0 Å². The van der Waals surface area contributed by atoms with E-state index in [-0.39, 0.29) is 17.4 Å². The molecule has 1 aromatic heterocycles. The third-order valence-corrected chi connectivity index (χ3v) is 7.09. The molecule has 33 heavy (non-hydrogen) atoms. The SMILES string of the molecule is COc1ccc(/C(O)=C2\C(=O)C(=O)N(C3CCCC3)C2c2cn(C)c3ccccc23)cc1C. The number of likely N-dealkylation sites (tertiary alicyclic amines) is 1. The van der Waals surface area contributed by atoms with Gasteiger partial charge in [-0.25, -0.2) is 0 Å². The van der Waals surface area contributed by atoms with Crippen LogP contribution in [0.15, 0.2) is 54.2 Å². The molecule has 1 unspecified atom stereocenters. The largest absolute Gasteiger partial charge is 0.507 e. The number of hydrogen-bond acceptors (Lipinski definition) is 4. The van der Waals surface area contributed by atoms with Gasteiger partial charge in [0.1, 0.15) is 11.5 Å². The summed E-state index contributed by atoms with van der Waals surface area (Å²) in [7, 11) is 3.55. The maximum absolute atomic E-state index is 13.4. The Labute approximate surface area is 193 Å². The number of carbonyl (C=O) groups is 2. The maximum atomic E-state index is 13.4. The monoisotopic (exact) mass is 444 g/mol. The van der Waals surface area contributed by atoms with Crippen molar-refractivity contribution in [2.24, 2.45) is 7.05 Å². The fourth-order valence-electron chi connectivity index (χ4n) is 5.49. The van der Waals surface area contributed by atoms with Gasteiger partial charge in [-0.2, -0.15) is 0 Å². The van der Waals surface area contributed by atoms with E-state index in [1.54, 1.807) is 30.2 Å². The fourth-order valence-corrected chi connectivity index (χ4v) is 5.49. The van der Waals surface area contributed by atoms with Crippen LogP contribution in [0.4, 0.5) is 0 Å². The van der Waals surface area contributed by atoms with Crippen molar-refractivity contribution in [2.75, 3.05) is 7.11 Å². The van der Waals surface area contributed by atoms with E-state index in [9.17, 15) is 14.7 Å². The number of fused-ring (bicyclic) bond motifs is 1. The normalized spacial score (nSPS) is 20.8. The van der Waals surface area contributed by atoms with Gasteiger partial charge in [-0.15, -0.1) is 0 Å². The minimum absolute atomic E-state index is 0.00618. The van der Waals surface area contributed by atoms with E-state index in [4.69, 9.17) is 4.74 Å². The van der Waals surface area contributed by atoms with Crippen LogP contribution in [0.5, 0.6) is 5.75 Å².